The largest absolute Gasteiger partial charge is 0.480 e. The molecule has 0 amide bonds. The minimum absolute atomic E-state index is 0.335. The molecule has 0 saturated carbocycles. The highest BCUT2D eigenvalue weighted by molar-refractivity contribution is 5.73. The maximum Gasteiger partial charge on any atom is 0.320 e. The van der Waals surface area contributed by atoms with Crippen molar-refractivity contribution in [3.63, 3.8) is 0 Å². The van der Waals surface area contributed by atoms with Crippen molar-refractivity contribution in [3.05, 3.63) is 5.82 Å². The molecule has 1 fully saturated rings. The van der Waals surface area contributed by atoms with Gasteiger partial charge in [0.05, 0.1) is 0 Å². The maximum atomic E-state index is 10.8. The lowest BCUT2D eigenvalue weighted by molar-refractivity contribution is -0.140. The molecule has 0 bridgehead atoms. The smallest absolute Gasteiger partial charge is 0.320 e. The van der Waals surface area contributed by atoms with E-state index in [1.807, 2.05) is 0 Å². The number of hydrogen-bond acceptors (Lipinski definition) is 5. The highest BCUT2D eigenvalue weighted by Crippen LogP contribution is 2.19. The summed E-state index contributed by atoms with van der Waals surface area (Å²) in [5.74, 6) is 0.281. The first-order chi connectivity index (χ1) is 7.25. The first-order valence-corrected chi connectivity index (χ1v) is 4.94. The van der Waals surface area contributed by atoms with E-state index >= 15 is 0 Å². The van der Waals surface area contributed by atoms with Crippen LogP contribution in [-0.4, -0.2) is 44.3 Å². The quantitative estimate of drug-likeness (QED) is 0.604. The summed E-state index contributed by atoms with van der Waals surface area (Å²) in [6.07, 6.45) is 2.32. The number of aromatic nitrogens is 4. The summed E-state index contributed by atoms with van der Waals surface area (Å²) >= 11 is 0. The van der Waals surface area contributed by atoms with Gasteiger partial charge in [0.15, 0.2) is 0 Å². The monoisotopic (exact) mass is 211 g/mol. The molecule has 1 aromatic rings. The van der Waals surface area contributed by atoms with Gasteiger partial charge in [-0.3, -0.25) is 4.79 Å². The SMILES string of the molecule is O=C(O)[C@H]1C[C@@H](Cc2nnn[nH]2)CCN1. The van der Waals surface area contributed by atoms with Gasteiger partial charge in [-0.1, -0.05) is 0 Å². The minimum atomic E-state index is -0.782. The summed E-state index contributed by atoms with van der Waals surface area (Å²) in [5, 5.41) is 25.3. The molecule has 1 aliphatic rings. The molecule has 2 atom stereocenters. The third kappa shape index (κ3) is 2.50. The van der Waals surface area contributed by atoms with Gasteiger partial charge in [-0.15, -0.1) is 5.10 Å². The average Bonchev–Trinajstić information content (AvgIpc) is 2.71. The Balaban J connectivity index is 1.90. The number of rotatable bonds is 3. The van der Waals surface area contributed by atoms with Gasteiger partial charge >= 0.3 is 5.97 Å². The van der Waals surface area contributed by atoms with Crippen LogP contribution in [-0.2, 0) is 11.2 Å². The zero-order valence-corrected chi connectivity index (χ0v) is 8.18. The Hall–Kier alpha value is -1.50. The molecular formula is C8H13N5O2. The van der Waals surface area contributed by atoms with Gasteiger partial charge in [-0.05, 0) is 35.7 Å². The number of nitrogens with zero attached hydrogens (tertiary/aromatic N) is 3. The Kier molecular flexibility index (Phi) is 2.91. The van der Waals surface area contributed by atoms with Gasteiger partial charge in [0.2, 0.25) is 0 Å². The molecular weight excluding hydrogens is 198 g/mol. The molecule has 0 aliphatic carbocycles. The summed E-state index contributed by atoms with van der Waals surface area (Å²) in [6, 6.07) is -0.431. The fourth-order valence-electron chi connectivity index (χ4n) is 1.91. The molecule has 82 valence electrons. The lowest BCUT2D eigenvalue weighted by atomic mass is 9.89. The number of aromatic amines is 1. The molecule has 7 heteroatoms. The van der Waals surface area contributed by atoms with Crippen molar-refractivity contribution in [2.24, 2.45) is 5.92 Å². The van der Waals surface area contributed by atoms with Crippen LogP contribution in [0.1, 0.15) is 18.7 Å². The molecule has 7 nitrogen and oxygen atoms in total. The Morgan fingerprint density at radius 1 is 1.60 bits per heavy atom. The molecule has 2 heterocycles. The summed E-state index contributed by atoms with van der Waals surface area (Å²) in [5.41, 5.74) is 0. The number of tetrazole rings is 1. The number of aliphatic carboxylic acids is 1. The summed E-state index contributed by atoms with van der Waals surface area (Å²) in [4.78, 5) is 10.8. The van der Waals surface area contributed by atoms with Crippen LogP contribution in [0.4, 0.5) is 0 Å². The number of carboxylic acids is 1. The van der Waals surface area contributed by atoms with Crippen LogP contribution < -0.4 is 5.32 Å². The van der Waals surface area contributed by atoms with Gasteiger partial charge < -0.3 is 10.4 Å². The molecule has 0 aromatic carbocycles. The number of nitrogens with one attached hydrogen (secondary N) is 2. The van der Waals surface area contributed by atoms with Crippen molar-refractivity contribution in [1.82, 2.24) is 25.9 Å². The third-order valence-electron chi connectivity index (χ3n) is 2.68. The van der Waals surface area contributed by atoms with Crippen LogP contribution in [0.3, 0.4) is 0 Å². The fraction of sp³-hybridized carbons (Fsp3) is 0.750. The Morgan fingerprint density at radius 3 is 3.13 bits per heavy atom. The normalized spacial score (nSPS) is 26.4. The van der Waals surface area contributed by atoms with E-state index < -0.39 is 12.0 Å². The molecule has 0 radical (unpaired) electrons. The van der Waals surface area contributed by atoms with Crippen molar-refractivity contribution in [1.29, 1.82) is 0 Å². The number of hydrogen-bond donors (Lipinski definition) is 3. The Morgan fingerprint density at radius 2 is 2.47 bits per heavy atom. The predicted octanol–water partition coefficient (Wildman–Crippen LogP) is -0.805. The van der Waals surface area contributed by atoms with Gasteiger partial charge in [-0.25, -0.2) is 5.10 Å². The molecule has 1 saturated heterocycles. The van der Waals surface area contributed by atoms with Gasteiger partial charge in [0, 0.05) is 6.42 Å². The highest BCUT2D eigenvalue weighted by atomic mass is 16.4. The number of H-pyrrole nitrogens is 1. The van der Waals surface area contributed by atoms with Crippen LogP contribution in [0.5, 0.6) is 0 Å². The van der Waals surface area contributed by atoms with E-state index in [4.69, 9.17) is 5.11 Å². The van der Waals surface area contributed by atoms with E-state index in [9.17, 15) is 4.79 Å². The topological polar surface area (TPSA) is 104 Å². The number of carboxylic acid groups (broad SMARTS) is 1. The molecule has 1 aromatic heterocycles. The first-order valence-electron chi connectivity index (χ1n) is 4.94. The zero-order chi connectivity index (χ0) is 10.7. The second kappa shape index (κ2) is 4.35. The van der Waals surface area contributed by atoms with Crippen molar-refractivity contribution in [2.75, 3.05) is 6.54 Å². The second-order valence-corrected chi connectivity index (χ2v) is 3.79. The standard InChI is InChI=1S/C8H13N5O2/c14-8(15)6-3-5(1-2-9-6)4-7-10-12-13-11-7/h5-6,9H,1-4H2,(H,14,15)(H,10,11,12,13)/t5-,6+/m0/s1. The summed E-state index contributed by atoms with van der Waals surface area (Å²) in [7, 11) is 0. The van der Waals surface area contributed by atoms with E-state index in [2.05, 4.69) is 25.9 Å². The maximum absolute atomic E-state index is 10.8. The third-order valence-corrected chi connectivity index (χ3v) is 2.68. The molecule has 3 N–H and O–H groups in total. The van der Waals surface area contributed by atoms with Crippen LogP contribution in [0, 0.1) is 5.92 Å². The predicted molar refractivity (Wildman–Crippen MR) is 50.0 cm³/mol. The van der Waals surface area contributed by atoms with E-state index in [1.54, 1.807) is 0 Å². The number of carbonyl (C=O) groups is 1. The molecule has 2 rings (SSSR count). The fourth-order valence-corrected chi connectivity index (χ4v) is 1.91. The average molecular weight is 211 g/mol. The van der Waals surface area contributed by atoms with Gasteiger partial charge in [0.25, 0.3) is 0 Å². The molecule has 0 unspecified atom stereocenters. The first kappa shape index (κ1) is 10.0. The van der Waals surface area contributed by atoms with Crippen LogP contribution in [0.25, 0.3) is 0 Å². The van der Waals surface area contributed by atoms with Crippen LogP contribution in [0.2, 0.25) is 0 Å². The lowest BCUT2D eigenvalue weighted by Crippen LogP contribution is -2.43. The van der Waals surface area contributed by atoms with Gasteiger partial charge in [-0.2, -0.15) is 0 Å². The summed E-state index contributed by atoms with van der Waals surface area (Å²) < 4.78 is 0. The molecule has 15 heavy (non-hydrogen) atoms. The summed E-state index contributed by atoms with van der Waals surface area (Å²) in [6.45, 7) is 0.739. The second-order valence-electron chi connectivity index (χ2n) is 3.79. The van der Waals surface area contributed by atoms with E-state index in [0.29, 0.717) is 12.3 Å². The lowest BCUT2D eigenvalue weighted by Gasteiger charge is -2.26. The Labute approximate surface area is 86.3 Å². The Bertz CT molecular complexity index is 326. The van der Waals surface area contributed by atoms with E-state index in [0.717, 1.165) is 25.2 Å². The molecule has 0 spiro atoms. The zero-order valence-electron chi connectivity index (χ0n) is 8.18. The number of piperidine rings is 1. The van der Waals surface area contributed by atoms with Crippen molar-refractivity contribution in [3.8, 4) is 0 Å². The highest BCUT2D eigenvalue weighted by Gasteiger charge is 2.26. The van der Waals surface area contributed by atoms with E-state index in [1.165, 1.54) is 0 Å². The van der Waals surface area contributed by atoms with Crippen molar-refractivity contribution < 1.29 is 9.90 Å². The van der Waals surface area contributed by atoms with Crippen LogP contribution in [0.15, 0.2) is 0 Å². The van der Waals surface area contributed by atoms with Crippen LogP contribution >= 0.6 is 0 Å². The van der Waals surface area contributed by atoms with Crippen molar-refractivity contribution in [2.45, 2.75) is 25.3 Å². The van der Waals surface area contributed by atoms with Crippen molar-refractivity contribution >= 4 is 5.97 Å². The molecule has 1 aliphatic heterocycles. The minimum Gasteiger partial charge on any atom is -0.480 e. The van der Waals surface area contributed by atoms with Gasteiger partial charge in [0.1, 0.15) is 11.9 Å². The van der Waals surface area contributed by atoms with E-state index in [-0.39, 0.29) is 0 Å².